The summed E-state index contributed by atoms with van der Waals surface area (Å²) < 4.78 is 0. The maximum atomic E-state index is 2.54. The Hall–Kier alpha value is -6.96. The Kier molecular flexibility index (Phi) is 8.23. The molecular weight excluding hydrogens is 675 g/mol. The molecule has 266 valence electrons. The minimum absolute atomic E-state index is 0.146. The number of hydrogen-bond acceptors (Lipinski definition) is 1. The summed E-state index contributed by atoms with van der Waals surface area (Å²) in [6, 6.07) is 77.7. The molecule has 0 saturated heterocycles. The van der Waals surface area contributed by atoms with E-state index in [9.17, 15) is 0 Å². The maximum absolute atomic E-state index is 2.54. The standard InChI is InChI=1S/C55H41N/c1-55(2)49-33-14-13-30-48(49)54-50(55)34-18-36-52(54)56(42-26-15-25-41(37-42)45-31-16-24-39-23-9-10-27-43(39)45)51-35-17-32-46(40-21-7-4-8-22-40)53(51)47-29-12-11-28-44(47)38-19-5-3-6-20-38/h3-37H,1-2H3. The van der Waals surface area contributed by atoms with Gasteiger partial charge in [-0.2, -0.15) is 0 Å². The highest BCUT2D eigenvalue weighted by atomic mass is 15.1. The van der Waals surface area contributed by atoms with Crippen LogP contribution in [0.3, 0.4) is 0 Å². The number of anilines is 3. The van der Waals surface area contributed by atoms with Gasteiger partial charge in [-0.05, 0) is 90.7 Å². The first kappa shape index (κ1) is 33.6. The zero-order chi connectivity index (χ0) is 37.6. The van der Waals surface area contributed by atoms with Crippen molar-refractivity contribution in [1.29, 1.82) is 0 Å². The van der Waals surface area contributed by atoms with Crippen LogP contribution in [0.1, 0.15) is 25.0 Å². The van der Waals surface area contributed by atoms with Crippen molar-refractivity contribution in [2.45, 2.75) is 19.3 Å². The van der Waals surface area contributed by atoms with Gasteiger partial charge in [0.25, 0.3) is 0 Å². The highest BCUT2D eigenvalue weighted by Crippen LogP contribution is 2.56. The monoisotopic (exact) mass is 715 g/mol. The van der Waals surface area contributed by atoms with Gasteiger partial charge in [-0.15, -0.1) is 0 Å². The quantitative estimate of drug-likeness (QED) is 0.159. The predicted octanol–water partition coefficient (Wildman–Crippen LogP) is 15.3. The van der Waals surface area contributed by atoms with Crippen molar-refractivity contribution >= 4 is 27.8 Å². The lowest BCUT2D eigenvalue weighted by atomic mass is 9.82. The molecule has 0 saturated carbocycles. The first-order chi connectivity index (χ1) is 27.6. The van der Waals surface area contributed by atoms with Gasteiger partial charge in [-0.25, -0.2) is 0 Å². The van der Waals surface area contributed by atoms with Crippen LogP contribution in [-0.2, 0) is 5.41 Å². The van der Waals surface area contributed by atoms with Gasteiger partial charge in [-0.1, -0.05) is 202 Å². The van der Waals surface area contributed by atoms with E-state index >= 15 is 0 Å². The molecule has 0 unspecified atom stereocenters. The molecule has 0 fully saturated rings. The van der Waals surface area contributed by atoms with E-state index in [0.29, 0.717) is 0 Å². The van der Waals surface area contributed by atoms with E-state index in [4.69, 9.17) is 0 Å². The van der Waals surface area contributed by atoms with Crippen LogP contribution in [0.4, 0.5) is 17.1 Å². The lowest BCUT2D eigenvalue weighted by Gasteiger charge is -2.32. The van der Waals surface area contributed by atoms with Crippen molar-refractivity contribution in [1.82, 2.24) is 0 Å². The third-order valence-corrected chi connectivity index (χ3v) is 11.7. The van der Waals surface area contributed by atoms with Crippen LogP contribution in [0.2, 0.25) is 0 Å². The van der Waals surface area contributed by atoms with Gasteiger partial charge >= 0.3 is 0 Å². The topological polar surface area (TPSA) is 3.24 Å². The van der Waals surface area contributed by atoms with Crippen LogP contribution in [0, 0.1) is 0 Å². The molecule has 0 aromatic heterocycles. The van der Waals surface area contributed by atoms with Crippen molar-refractivity contribution in [3.63, 3.8) is 0 Å². The Morgan fingerprint density at radius 2 is 0.839 bits per heavy atom. The molecule has 0 radical (unpaired) electrons. The van der Waals surface area contributed by atoms with Gasteiger partial charge in [-0.3, -0.25) is 0 Å². The van der Waals surface area contributed by atoms with Crippen molar-refractivity contribution in [2.75, 3.05) is 4.90 Å². The molecule has 0 aliphatic heterocycles. The van der Waals surface area contributed by atoms with E-state index in [-0.39, 0.29) is 5.41 Å². The van der Waals surface area contributed by atoms with E-state index in [0.717, 1.165) is 11.4 Å². The third kappa shape index (κ3) is 5.55. The minimum atomic E-state index is -0.146. The largest absolute Gasteiger partial charge is 0.309 e. The van der Waals surface area contributed by atoms with Crippen LogP contribution in [0.25, 0.3) is 66.4 Å². The second kappa shape index (κ2) is 13.7. The summed E-state index contributed by atoms with van der Waals surface area (Å²) in [5.74, 6) is 0. The van der Waals surface area contributed by atoms with E-state index in [1.165, 1.54) is 83.2 Å². The average Bonchev–Trinajstić information content (AvgIpc) is 3.50. The van der Waals surface area contributed by atoms with E-state index in [1.54, 1.807) is 0 Å². The molecule has 0 amide bonds. The summed E-state index contributed by atoms with van der Waals surface area (Å²) in [5, 5.41) is 2.49. The van der Waals surface area contributed by atoms with Gasteiger partial charge in [0.1, 0.15) is 0 Å². The number of fused-ring (bicyclic) bond motifs is 4. The van der Waals surface area contributed by atoms with Crippen LogP contribution in [0.5, 0.6) is 0 Å². The van der Waals surface area contributed by atoms with Gasteiger partial charge in [0.05, 0.1) is 11.4 Å². The van der Waals surface area contributed by atoms with Crippen LogP contribution < -0.4 is 4.90 Å². The molecule has 0 bridgehead atoms. The second-order valence-corrected chi connectivity index (χ2v) is 15.3. The zero-order valence-electron chi connectivity index (χ0n) is 31.7. The molecule has 9 aromatic carbocycles. The first-order valence-corrected chi connectivity index (χ1v) is 19.5. The number of rotatable bonds is 7. The molecule has 1 nitrogen and oxygen atoms in total. The lowest BCUT2D eigenvalue weighted by Crippen LogP contribution is -2.16. The summed E-state index contributed by atoms with van der Waals surface area (Å²) in [5.41, 5.74) is 18.1. The Morgan fingerprint density at radius 1 is 0.339 bits per heavy atom. The molecule has 0 heterocycles. The molecule has 0 N–H and O–H groups in total. The molecule has 1 aliphatic rings. The van der Waals surface area contributed by atoms with Crippen molar-refractivity contribution in [2.24, 2.45) is 0 Å². The van der Waals surface area contributed by atoms with E-state index in [1.807, 2.05) is 0 Å². The van der Waals surface area contributed by atoms with Crippen molar-refractivity contribution < 1.29 is 0 Å². The molecule has 1 aliphatic carbocycles. The fraction of sp³-hybridized carbons (Fsp3) is 0.0545. The fourth-order valence-corrected chi connectivity index (χ4v) is 9.06. The zero-order valence-corrected chi connectivity index (χ0v) is 31.7. The van der Waals surface area contributed by atoms with E-state index in [2.05, 4.69) is 231 Å². The lowest BCUT2D eigenvalue weighted by molar-refractivity contribution is 0.660. The smallest absolute Gasteiger partial charge is 0.0546 e. The third-order valence-electron chi connectivity index (χ3n) is 11.7. The summed E-state index contributed by atoms with van der Waals surface area (Å²) >= 11 is 0. The SMILES string of the molecule is CC1(C)c2ccccc2-c2c(N(c3cccc(-c4cccc5ccccc45)c3)c3cccc(-c4ccccc4)c3-c3ccccc3-c3ccccc3)cccc21. The second-order valence-electron chi connectivity index (χ2n) is 15.3. The highest BCUT2D eigenvalue weighted by molar-refractivity contribution is 6.04. The molecule has 0 atom stereocenters. The molecule has 9 aromatic rings. The molecular formula is C55H41N. The van der Waals surface area contributed by atoms with Crippen molar-refractivity contribution in [3.8, 4) is 55.6 Å². The summed E-state index contributed by atoms with van der Waals surface area (Å²) in [4.78, 5) is 2.54. The molecule has 1 heteroatoms. The molecule has 56 heavy (non-hydrogen) atoms. The summed E-state index contributed by atoms with van der Waals surface area (Å²) in [6.45, 7) is 4.73. The van der Waals surface area contributed by atoms with Gasteiger partial charge in [0, 0.05) is 22.2 Å². The molecule has 10 rings (SSSR count). The normalized spacial score (nSPS) is 12.6. The fourth-order valence-electron chi connectivity index (χ4n) is 9.06. The molecule has 0 spiro atoms. The maximum Gasteiger partial charge on any atom is 0.0546 e. The van der Waals surface area contributed by atoms with Crippen molar-refractivity contribution in [3.05, 3.63) is 223 Å². The van der Waals surface area contributed by atoms with Gasteiger partial charge in [0.15, 0.2) is 0 Å². The van der Waals surface area contributed by atoms with Crippen LogP contribution >= 0.6 is 0 Å². The minimum Gasteiger partial charge on any atom is -0.309 e. The first-order valence-electron chi connectivity index (χ1n) is 19.5. The summed E-state index contributed by atoms with van der Waals surface area (Å²) in [7, 11) is 0. The van der Waals surface area contributed by atoms with Crippen LogP contribution in [0.15, 0.2) is 212 Å². The summed E-state index contributed by atoms with van der Waals surface area (Å²) in [6.07, 6.45) is 0. The number of benzene rings is 9. The van der Waals surface area contributed by atoms with Gasteiger partial charge < -0.3 is 4.90 Å². The average molecular weight is 716 g/mol. The van der Waals surface area contributed by atoms with Gasteiger partial charge in [0.2, 0.25) is 0 Å². The van der Waals surface area contributed by atoms with Crippen LogP contribution in [-0.4, -0.2) is 0 Å². The number of hydrogen-bond donors (Lipinski definition) is 0. The number of nitrogens with zero attached hydrogens (tertiary/aromatic N) is 1. The Morgan fingerprint density at radius 3 is 1.62 bits per heavy atom. The predicted molar refractivity (Wildman–Crippen MR) is 238 cm³/mol. The Balaban J connectivity index is 1.31. The highest BCUT2D eigenvalue weighted by Gasteiger charge is 2.38. The Labute approximate surface area is 329 Å². The van der Waals surface area contributed by atoms with E-state index < -0.39 is 0 Å². The Bertz CT molecular complexity index is 2880.